The van der Waals surface area contributed by atoms with Gasteiger partial charge in [-0.05, 0) is 31.1 Å². The van der Waals surface area contributed by atoms with Crippen LogP contribution in [0.5, 0.6) is 0 Å². The Kier molecular flexibility index (Phi) is 3.22. The van der Waals surface area contributed by atoms with Crippen molar-refractivity contribution in [2.24, 2.45) is 23.5 Å². The largest absolute Gasteiger partial charge is 0.324 e. The SMILES string of the molecule is NCC(=O)C1CCC2CCCCC2C1. The molecule has 3 atom stereocenters. The Balaban J connectivity index is 1.92. The van der Waals surface area contributed by atoms with Crippen molar-refractivity contribution < 1.29 is 4.79 Å². The predicted molar refractivity (Wildman–Crippen MR) is 56.9 cm³/mol. The number of carbonyl (C=O) groups is 1. The molecule has 0 radical (unpaired) electrons. The lowest BCUT2D eigenvalue weighted by Crippen LogP contribution is -2.33. The molecule has 0 spiro atoms. The molecule has 2 saturated carbocycles. The second kappa shape index (κ2) is 4.43. The number of hydrogen-bond acceptors (Lipinski definition) is 2. The number of nitrogens with two attached hydrogens (primary N) is 1. The average molecular weight is 195 g/mol. The van der Waals surface area contributed by atoms with Gasteiger partial charge in [0.15, 0.2) is 0 Å². The van der Waals surface area contributed by atoms with Crippen molar-refractivity contribution in [2.45, 2.75) is 44.9 Å². The van der Waals surface area contributed by atoms with Crippen LogP contribution in [0.1, 0.15) is 44.9 Å². The van der Waals surface area contributed by atoms with Crippen LogP contribution in [-0.4, -0.2) is 12.3 Å². The molecule has 0 aromatic carbocycles. The highest BCUT2D eigenvalue weighted by Crippen LogP contribution is 2.42. The molecule has 2 nitrogen and oxygen atoms in total. The number of ketones is 1. The molecule has 2 heteroatoms. The fourth-order valence-electron chi connectivity index (χ4n) is 3.33. The summed E-state index contributed by atoms with van der Waals surface area (Å²) in [6.45, 7) is 0.252. The average Bonchev–Trinajstić information content (AvgIpc) is 2.27. The molecule has 0 heterocycles. The molecule has 2 aliphatic rings. The van der Waals surface area contributed by atoms with Crippen molar-refractivity contribution in [3.05, 3.63) is 0 Å². The van der Waals surface area contributed by atoms with Gasteiger partial charge in [0.05, 0.1) is 6.54 Å². The summed E-state index contributed by atoms with van der Waals surface area (Å²) in [5, 5.41) is 0. The van der Waals surface area contributed by atoms with Gasteiger partial charge in [0.25, 0.3) is 0 Å². The van der Waals surface area contributed by atoms with Gasteiger partial charge in [-0.25, -0.2) is 0 Å². The van der Waals surface area contributed by atoms with E-state index in [2.05, 4.69) is 0 Å². The molecule has 2 rings (SSSR count). The second-order valence-electron chi connectivity index (χ2n) is 4.99. The molecule has 0 bridgehead atoms. The number of carbonyl (C=O) groups excluding carboxylic acids is 1. The molecule has 0 aromatic heterocycles. The summed E-state index contributed by atoms with van der Waals surface area (Å²) in [7, 11) is 0. The third-order valence-electron chi connectivity index (χ3n) is 4.20. The Morgan fingerprint density at radius 3 is 2.50 bits per heavy atom. The van der Waals surface area contributed by atoms with Crippen molar-refractivity contribution in [1.29, 1.82) is 0 Å². The van der Waals surface area contributed by atoms with Crippen molar-refractivity contribution in [3.8, 4) is 0 Å². The first-order valence-corrected chi connectivity index (χ1v) is 6.04. The van der Waals surface area contributed by atoms with Gasteiger partial charge in [-0.2, -0.15) is 0 Å². The van der Waals surface area contributed by atoms with Crippen molar-refractivity contribution >= 4 is 5.78 Å². The molecule has 2 fully saturated rings. The van der Waals surface area contributed by atoms with Gasteiger partial charge in [-0.1, -0.05) is 25.7 Å². The Morgan fingerprint density at radius 2 is 1.79 bits per heavy atom. The lowest BCUT2D eigenvalue weighted by atomic mass is 9.67. The van der Waals surface area contributed by atoms with Crippen LogP contribution in [0, 0.1) is 17.8 Å². The fourth-order valence-corrected chi connectivity index (χ4v) is 3.33. The standard InChI is InChI=1S/C12H21NO/c13-8-12(14)11-6-5-9-3-1-2-4-10(9)7-11/h9-11H,1-8,13H2. The Labute approximate surface area is 86.2 Å². The first-order valence-electron chi connectivity index (χ1n) is 6.04. The quantitative estimate of drug-likeness (QED) is 0.733. The maximum Gasteiger partial charge on any atom is 0.149 e. The summed E-state index contributed by atoms with van der Waals surface area (Å²) in [5.41, 5.74) is 5.42. The van der Waals surface area contributed by atoms with Gasteiger partial charge in [0, 0.05) is 5.92 Å². The van der Waals surface area contributed by atoms with Crippen LogP contribution in [0.4, 0.5) is 0 Å². The normalized spacial score (nSPS) is 37.6. The minimum Gasteiger partial charge on any atom is -0.324 e. The van der Waals surface area contributed by atoms with Crippen LogP contribution in [-0.2, 0) is 4.79 Å². The summed E-state index contributed by atoms with van der Waals surface area (Å²) in [4.78, 5) is 11.5. The van der Waals surface area contributed by atoms with Crippen LogP contribution >= 0.6 is 0 Å². The van der Waals surface area contributed by atoms with Gasteiger partial charge in [-0.15, -0.1) is 0 Å². The minimum absolute atomic E-state index is 0.252. The third-order valence-corrected chi connectivity index (χ3v) is 4.20. The zero-order valence-electron chi connectivity index (χ0n) is 8.87. The molecule has 0 aliphatic heterocycles. The Bertz CT molecular complexity index is 214. The molecule has 2 N–H and O–H groups in total. The van der Waals surface area contributed by atoms with Crippen LogP contribution in [0.2, 0.25) is 0 Å². The molecule has 0 amide bonds. The van der Waals surface area contributed by atoms with Crippen molar-refractivity contribution in [1.82, 2.24) is 0 Å². The van der Waals surface area contributed by atoms with E-state index in [1.54, 1.807) is 0 Å². The maximum absolute atomic E-state index is 11.5. The smallest absolute Gasteiger partial charge is 0.149 e. The minimum atomic E-state index is 0.252. The van der Waals surface area contributed by atoms with E-state index < -0.39 is 0 Å². The lowest BCUT2D eigenvalue weighted by Gasteiger charge is -2.38. The van der Waals surface area contributed by atoms with E-state index in [0.717, 1.165) is 24.7 Å². The number of fused-ring (bicyclic) bond motifs is 1. The third kappa shape index (κ3) is 2.00. The van der Waals surface area contributed by atoms with E-state index in [9.17, 15) is 4.79 Å². The zero-order valence-corrected chi connectivity index (χ0v) is 8.87. The molecule has 80 valence electrons. The predicted octanol–water partition coefficient (Wildman–Crippen LogP) is 2.12. The van der Waals surface area contributed by atoms with E-state index in [-0.39, 0.29) is 6.54 Å². The summed E-state index contributed by atoms with van der Waals surface area (Å²) >= 11 is 0. The van der Waals surface area contributed by atoms with Gasteiger partial charge >= 0.3 is 0 Å². The van der Waals surface area contributed by atoms with Crippen LogP contribution < -0.4 is 5.73 Å². The van der Waals surface area contributed by atoms with Gasteiger partial charge < -0.3 is 5.73 Å². The zero-order chi connectivity index (χ0) is 9.97. The van der Waals surface area contributed by atoms with Gasteiger partial charge in [0.2, 0.25) is 0 Å². The maximum atomic E-state index is 11.5. The highest BCUT2D eigenvalue weighted by atomic mass is 16.1. The highest BCUT2D eigenvalue weighted by molar-refractivity contribution is 5.82. The van der Waals surface area contributed by atoms with Crippen molar-refractivity contribution in [3.63, 3.8) is 0 Å². The Hall–Kier alpha value is -0.370. The highest BCUT2D eigenvalue weighted by Gasteiger charge is 2.34. The van der Waals surface area contributed by atoms with E-state index in [1.165, 1.54) is 32.1 Å². The number of hydrogen-bond donors (Lipinski definition) is 1. The van der Waals surface area contributed by atoms with Crippen LogP contribution in [0.25, 0.3) is 0 Å². The van der Waals surface area contributed by atoms with Gasteiger partial charge in [0.1, 0.15) is 5.78 Å². The van der Waals surface area contributed by atoms with Gasteiger partial charge in [-0.3, -0.25) is 4.79 Å². The first kappa shape index (κ1) is 10.2. The van der Waals surface area contributed by atoms with E-state index in [1.807, 2.05) is 0 Å². The molecular formula is C12H21NO. The Morgan fingerprint density at radius 1 is 1.07 bits per heavy atom. The summed E-state index contributed by atoms with van der Waals surface area (Å²) in [6, 6.07) is 0. The number of rotatable bonds is 2. The summed E-state index contributed by atoms with van der Waals surface area (Å²) in [6.07, 6.45) is 9.09. The van der Waals surface area contributed by atoms with E-state index in [0.29, 0.717) is 11.7 Å². The van der Waals surface area contributed by atoms with Crippen molar-refractivity contribution in [2.75, 3.05) is 6.54 Å². The summed E-state index contributed by atoms with van der Waals surface area (Å²) in [5.74, 6) is 2.39. The molecule has 0 aromatic rings. The second-order valence-corrected chi connectivity index (χ2v) is 4.99. The first-order chi connectivity index (χ1) is 6.81. The molecule has 3 unspecified atom stereocenters. The molecule has 2 aliphatic carbocycles. The van der Waals surface area contributed by atoms with E-state index in [4.69, 9.17) is 5.73 Å². The molecule has 0 saturated heterocycles. The van der Waals surface area contributed by atoms with Crippen LogP contribution in [0.3, 0.4) is 0 Å². The topological polar surface area (TPSA) is 43.1 Å². The van der Waals surface area contributed by atoms with Crippen LogP contribution in [0.15, 0.2) is 0 Å². The lowest BCUT2D eigenvalue weighted by molar-refractivity contribution is -0.123. The number of Topliss-reactive ketones (excluding diaryl/α,β-unsaturated/α-hetero) is 1. The molecule has 14 heavy (non-hydrogen) atoms. The monoisotopic (exact) mass is 195 g/mol. The fraction of sp³-hybridized carbons (Fsp3) is 0.917. The van der Waals surface area contributed by atoms with E-state index >= 15 is 0 Å². The molecular weight excluding hydrogens is 174 g/mol. The summed E-state index contributed by atoms with van der Waals surface area (Å²) < 4.78 is 0.